The quantitative estimate of drug-likeness (QED) is 0.122. The molecule has 1 aliphatic heterocycles. The van der Waals surface area contributed by atoms with Crippen molar-refractivity contribution in [1.82, 2.24) is 15.2 Å². The second-order valence-electron chi connectivity index (χ2n) is 14.7. The van der Waals surface area contributed by atoms with E-state index in [0.29, 0.717) is 5.92 Å². The molecule has 0 fully saturated rings. The highest BCUT2D eigenvalue weighted by Gasteiger charge is 2.43. The first kappa shape index (κ1) is 34.0. The van der Waals surface area contributed by atoms with Crippen molar-refractivity contribution in [2.75, 3.05) is 0 Å². The monoisotopic (exact) mass is 738 g/mol. The first-order valence-corrected chi connectivity index (χ1v) is 21.6. The van der Waals surface area contributed by atoms with E-state index < -0.39 is 8.07 Å². The molecule has 0 saturated carbocycles. The molecule has 0 saturated heterocycles. The Balaban J connectivity index is 1.24. The van der Waals surface area contributed by atoms with Gasteiger partial charge in [0.05, 0.1) is 17.2 Å². The number of fused-ring (bicyclic) bond motifs is 3. The largest absolute Gasteiger partial charge is 0.354 e. The van der Waals surface area contributed by atoms with Crippen LogP contribution in [-0.4, -0.2) is 24.6 Å². The van der Waals surface area contributed by atoms with Gasteiger partial charge in [-0.25, -0.2) is 4.99 Å². The Hall–Kier alpha value is -6.53. The zero-order chi connectivity index (χ0) is 37.3. The Morgan fingerprint density at radius 1 is 0.571 bits per heavy atom. The Morgan fingerprint density at radius 3 is 1.91 bits per heavy atom. The van der Waals surface area contributed by atoms with Crippen LogP contribution >= 0.6 is 0 Å². The van der Waals surface area contributed by atoms with Gasteiger partial charge in [-0.15, -0.1) is 0 Å². The predicted octanol–water partition coefficient (Wildman–Crippen LogP) is 8.26. The molecule has 7 aromatic carbocycles. The fourth-order valence-electron chi connectivity index (χ4n) is 9.03. The van der Waals surface area contributed by atoms with Crippen LogP contribution in [0.5, 0.6) is 0 Å². The summed E-state index contributed by atoms with van der Waals surface area (Å²) < 4.78 is 2.44. The second kappa shape index (κ2) is 14.6. The number of allylic oxidation sites excluding steroid dienone is 3. The first-order chi connectivity index (χ1) is 27.8. The van der Waals surface area contributed by atoms with Gasteiger partial charge in [0.15, 0.2) is 8.07 Å². The minimum atomic E-state index is -3.03. The normalized spacial score (nSPS) is 18.1. The molecule has 4 nitrogen and oxygen atoms in total. The van der Waals surface area contributed by atoms with Gasteiger partial charge in [-0.1, -0.05) is 188 Å². The predicted molar refractivity (Wildman–Crippen MR) is 237 cm³/mol. The van der Waals surface area contributed by atoms with Crippen LogP contribution in [0.25, 0.3) is 27.5 Å². The van der Waals surface area contributed by atoms with Crippen molar-refractivity contribution in [2.45, 2.75) is 18.8 Å². The lowest BCUT2D eigenvalue weighted by molar-refractivity contribution is 0.328. The summed E-state index contributed by atoms with van der Waals surface area (Å²) in [6.07, 6.45) is 9.67. The van der Waals surface area contributed by atoms with Crippen LogP contribution in [0.3, 0.4) is 0 Å². The molecule has 270 valence electrons. The number of nitrogens with one attached hydrogen (secondary N) is 2. The minimum Gasteiger partial charge on any atom is -0.354 e. The lowest BCUT2D eigenvalue weighted by atomic mass is 9.95. The number of hydrogen-bond acceptors (Lipinski definition) is 3. The number of aromatic nitrogens is 1. The van der Waals surface area contributed by atoms with E-state index in [1.165, 1.54) is 42.6 Å². The molecule has 10 rings (SSSR count). The Bertz CT molecular complexity index is 2700. The number of para-hydroxylation sites is 2. The van der Waals surface area contributed by atoms with E-state index in [2.05, 4.69) is 228 Å². The van der Waals surface area contributed by atoms with Gasteiger partial charge in [0, 0.05) is 27.9 Å². The third-order valence-electron chi connectivity index (χ3n) is 11.5. The molecule has 56 heavy (non-hydrogen) atoms. The van der Waals surface area contributed by atoms with Crippen molar-refractivity contribution in [2.24, 2.45) is 10.9 Å². The van der Waals surface area contributed by atoms with Crippen LogP contribution in [0, 0.1) is 5.92 Å². The summed E-state index contributed by atoms with van der Waals surface area (Å²) in [5, 5.41) is 15.6. The smallest absolute Gasteiger partial charge is 0.180 e. The van der Waals surface area contributed by atoms with Crippen LogP contribution in [0.2, 0.25) is 0 Å². The third-order valence-corrected chi connectivity index (χ3v) is 16.3. The van der Waals surface area contributed by atoms with Crippen molar-refractivity contribution < 1.29 is 0 Å². The van der Waals surface area contributed by atoms with Crippen LogP contribution in [0.4, 0.5) is 0 Å². The topological polar surface area (TPSA) is 41.4 Å². The zero-order valence-corrected chi connectivity index (χ0v) is 32.0. The molecule has 1 aliphatic carbocycles. The summed E-state index contributed by atoms with van der Waals surface area (Å²) in [4.78, 5) is 5.40. The molecule has 0 amide bonds. The SMILES string of the molecule is C1=CCC(C2NC(c3cccc([Si](c4ccccc4)(c4ccccc4)c4cccc5c4c4ccccc4n5-c4ccccc4)c3)=NC(c3ccccc3)N2)C=C1. The van der Waals surface area contributed by atoms with E-state index in [1.54, 1.807) is 0 Å². The van der Waals surface area contributed by atoms with E-state index >= 15 is 0 Å². The van der Waals surface area contributed by atoms with Gasteiger partial charge < -0.3 is 9.88 Å². The summed E-state index contributed by atoms with van der Waals surface area (Å²) in [5.74, 6) is 1.21. The number of benzene rings is 7. The second-order valence-corrected chi connectivity index (χ2v) is 18.5. The maximum Gasteiger partial charge on any atom is 0.180 e. The van der Waals surface area contributed by atoms with Crippen molar-refractivity contribution in [3.05, 3.63) is 223 Å². The molecular formula is C51H42N4Si. The average molecular weight is 739 g/mol. The average Bonchev–Trinajstić information content (AvgIpc) is 3.63. The molecule has 2 heterocycles. The van der Waals surface area contributed by atoms with Crippen molar-refractivity contribution in [1.29, 1.82) is 0 Å². The van der Waals surface area contributed by atoms with Gasteiger partial charge in [-0.2, -0.15) is 0 Å². The molecule has 0 spiro atoms. The highest BCUT2D eigenvalue weighted by atomic mass is 28.3. The van der Waals surface area contributed by atoms with Crippen LogP contribution in [0.15, 0.2) is 217 Å². The molecule has 3 unspecified atom stereocenters. The maximum absolute atomic E-state index is 5.40. The summed E-state index contributed by atoms with van der Waals surface area (Å²) in [6.45, 7) is 0. The first-order valence-electron chi connectivity index (χ1n) is 19.6. The van der Waals surface area contributed by atoms with Gasteiger partial charge >= 0.3 is 0 Å². The van der Waals surface area contributed by atoms with E-state index in [4.69, 9.17) is 4.99 Å². The van der Waals surface area contributed by atoms with Gasteiger partial charge in [0.2, 0.25) is 0 Å². The van der Waals surface area contributed by atoms with Gasteiger partial charge in [-0.3, -0.25) is 5.32 Å². The van der Waals surface area contributed by atoms with Crippen molar-refractivity contribution >= 4 is 56.5 Å². The van der Waals surface area contributed by atoms with Crippen LogP contribution < -0.4 is 31.4 Å². The molecular weight excluding hydrogens is 697 g/mol. The highest BCUT2D eigenvalue weighted by Crippen LogP contribution is 2.33. The standard InChI is InChI=1S/C51H42N4Si/c1-6-20-37(21-7-1)49-52-50(38-22-8-2-9-23-38)54-51(53-49)39-24-18-31-43(36-39)56(41-27-12-4-13-28-41,42-29-14-5-15-30-42)47-35-19-34-46-48(47)44-32-16-17-33-45(44)55(46)40-25-10-3-11-26-40/h1-22,24-36,38,49-50,52H,23H2,(H,53,54). The van der Waals surface area contributed by atoms with Crippen LogP contribution in [0.1, 0.15) is 23.7 Å². The van der Waals surface area contributed by atoms with Gasteiger partial charge in [-0.05, 0) is 57.0 Å². The Morgan fingerprint density at radius 2 is 1.20 bits per heavy atom. The van der Waals surface area contributed by atoms with Crippen LogP contribution in [-0.2, 0) is 0 Å². The summed E-state index contributed by atoms with van der Waals surface area (Å²) >= 11 is 0. The molecule has 3 atom stereocenters. The molecule has 0 bridgehead atoms. The Labute approximate surface area is 329 Å². The third kappa shape index (κ3) is 5.84. The fourth-order valence-corrected chi connectivity index (χ4v) is 14.1. The number of rotatable bonds is 8. The van der Waals surface area contributed by atoms with E-state index in [1.807, 2.05) is 0 Å². The molecule has 1 aromatic heterocycles. The maximum atomic E-state index is 5.40. The number of hydrogen-bond donors (Lipinski definition) is 2. The summed E-state index contributed by atoms with van der Waals surface area (Å²) in [6, 6.07) is 69.1. The van der Waals surface area contributed by atoms with E-state index in [-0.39, 0.29) is 12.3 Å². The van der Waals surface area contributed by atoms with E-state index in [0.717, 1.165) is 29.1 Å². The fraction of sp³-hybridized carbons (Fsp3) is 0.0784. The van der Waals surface area contributed by atoms with E-state index in [9.17, 15) is 0 Å². The van der Waals surface area contributed by atoms with Crippen molar-refractivity contribution in [3.63, 3.8) is 0 Å². The molecule has 0 radical (unpaired) electrons. The minimum absolute atomic E-state index is 0.0145. The summed E-state index contributed by atoms with van der Waals surface area (Å²) in [5.41, 5.74) is 5.82. The molecule has 5 heteroatoms. The molecule has 2 aliphatic rings. The molecule has 8 aromatic rings. The number of aliphatic imine (C=N–C) groups is 1. The number of nitrogens with zero attached hydrogens (tertiary/aromatic N) is 2. The summed E-state index contributed by atoms with van der Waals surface area (Å²) in [7, 11) is -3.03. The zero-order valence-electron chi connectivity index (χ0n) is 31.0. The van der Waals surface area contributed by atoms with Crippen molar-refractivity contribution in [3.8, 4) is 5.69 Å². The van der Waals surface area contributed by atoms with Gasteiger partial charge in [0.25, 0.3) is 0 Å². The lowest BCUT2D eigenvalue weighted by Gasteiger charge is -2.37. The highest BCUT2D eigenvalue weighted by molar-refractivity contribution is 7.20. The van der Waals surface area contributed by atoms with Gasteiger partial charge in [0.1, 0.15) is 12.0 Å². The Kier molecular flexibility index (Phi) is 8.87. The molecule has 2 N–H and O–H groups in total. The lowest BCUT2D eigenvalue weighted by Crippen LogP contribution is -2.75. The number of amidine groups is 1.